The lowest BCUT2D eigenvalue weighted by atomic mass is 10.1. The van der Waals surface area contributed by atoms with Crippen LogP contribution in [0.5, 0.6) is 0 Å². The summed E-state index contributed by atoms with van der Waals surface area (Å²) in [5, 5.41) is 0.730. The third-order valence-corrected chi connectivity index (χ3v) is 7.27. The fraction of sp³-hybridized carbons (Fsp3) is 0.200. The summed E-state index contributed by atoms with van der Waals surface area (Å²) < 4.78 is 14.2. The van der Waals surface area contributed by atoms with Gasteiger partial charge in [0.15, 0.2) is 5.13 Å². The Morgan fingerprint density at radius 3 is 2.42 bits per heavy atom. The summed E-state index contributed by atoms with van der Waals surface area (Å²) in [5.74, 6) is 0.405. The normalized spacial score (nSPS) is 11.1. The summed E-state index contributed by atoms with van der Waals surface area (Å²) >= 11 is 3.13. The molecule has 0 unspecified atom stereocenters. The molecule has 0 aliphatic heterocycles. The van der Waals surface area contributed by atoms with Crippen LogP contribution in [0.4, 0.5) is 9.52 Å². The maximum atomic E-state index is 13.3. The largest absolute Gasteiger partial charge is 0.284 e. The van der Waals surface area contributed by atoms with Crippen LogP contribution in [0.3, 0.4) is 0 Å². The Kier molecular flexibility index (Phi) is 6.68. The zero-order valence-corrected chi connectivity index (χ0v) is 19.1. The van der Waals surface area contributed by atoms with Gasteiger partial charge in [0, 0.05) is 17.1 Å². The van der Waals surface area contributed by atoms with Crippen LogP contribution in [0.1, 0.15) is 23.1 Å². The van der Waals surface area contributed by atoms with Crippen molar-refractivity contribution in [1.82, 2.24) is 4.98 Å². The molecule has 158 valence electrons. The number of halogens is 1. The topological polar surface area (TPSA) is 33.2 Å². The number of rotatable bonds is 7. The number of fused-ring (bicyclic) bond motifs is 1. The quantitative estimate of drug-likeness (QED) is 0.291. The molecule has 3 nitrogen and oxygen atoms in total. The average molecular weight is 451 g/mol. The molecule has 0 saturated carbocycles. The van der Waals surface area contributed by atoms with Crippen molar-refractivity contribution in [3.8, 4) is 0 Å². The summed E-state index contributed by atoms with van der Waals surface area (Å²) in [5.41, 5.74) is 4.31. The number of benzene rings is 3. The van der Waals surface area contributed by atoms with Gasteiger partial charge in [-0.25, -0.2) is 9.37 Å². The van der Waals surface area contributed by atoms with Crippen molar-refractivity contribution >= 4 is 44.4 Å². The Hall–Kier alpha value is -2.70. The van der Waals surface area contributed by atoms with Gasteiger partial charge >= 0.3 is 0 Å². The van der Waals surface area contributed by atoms with Crippen molar-refractivity contribution in [3.63, 3.8) is 0 Å². The SMILES string of the molecule is Cc1ccc(C)c2sc(N(Cc3ccccc3)C(=O)CCSc3ccc(F)cc3)nc12. The Morgan fingerprint density at radius 2 is 1.71 bits per heavy atom. The monoisotopic (exact) mass is 450 g/mol. The van der Waals surface area contributed by atoms with Crippen LogP contribution in [0.15, 0.2) is 71.6 Å². The van der Waals surface area contributed by atoms with Gasteiger partial charge in [-0.1, -0.05) is 53.8 Å². The molecular formula is C25H23FN2OS2. The van der Waals surface area contributed by atoms with Crippen LogP contribution in [0, 0.1) is 19.7 Å². The highest BCUT2D eigenvalue weighted by Crippen LogP contribution is 2.34. The average Bonchev–Trinajstić information content (AvgIpc) is 3.23. The fourth-order valence-corrected chi connectivity index (χ4v) is 5.28. The van der Waals surface area contributed by atoms with Crippen molar-refractivity contribution in [3.05, 3.63) is 89.2 Å². The van der Waals surface area contributed by atoms with Crippen LogP contribution in [-0.2, 0) is 11.3 Å². The van der Waals surface area contributed by atoms with E-state index in [1.54, 1.807) is 40.1 Å². The lowest BCUT2D eigenvalue weighted by molar-refractivity contribution is -0.118. The number of thiazole rings is 1. The highest BCUT2D eigenvalue weighted by Gasteiger charge is 2.21. The van der Waals surface area contributed by atoms with Crippen molar-refractivity contribution in [1.29, 1.82) is 0 Å². The van der Waals surface area contributed by atoms with E-state index in [0.717, 1.165) is 31.4 Å². The summed E-state index contributed by atoms with van der Waals surface area (Å²) in [6, 6.07) is 20.5. The van der Waals surface area contributed by atoms with Crippen LogP contribution in [0.2, 0.25) is 0 Å². The van der Waals surface area contributed by atoms with Gasteiger partial charge < -0.3 is 0 Å². The summed E-state index contributed by atoms with van der Waals surface area (Å²) in [6.07, 6.45) is 0.378. The van der Waals surface area contributed by atoms with E-state index >= 15 is 0 Å². The highest BCUT2D eigenvalue weighted by molar-refractivity contribution is 7.99. The Balaban J connectivity index is 1.56. The predicted molar refractivity (Wildman–Crippen MR) is 128 cm³/mol. The molecule has 31 heavy (non-hydrogen) atoms. The number of aryl methyl sites for hydroxylation is 2. The first-order valence-electron chi connectivity index (χ1n) is 10.1. The minimum Gasteiger partial charge on any atom is -0.284 e. The number of anilines is 1. The number of carbonyl (C=O) groups is 1. The Bertz CT molecular complexity index is 1150. The number of amides is 1. The van der Waals surface area contributed by atoms with Crippen molar-refractivity contribution in [2.75, 3.05) is 10.7 Å². The molecule has 0 N–H and O–H groups in total. The number of hydrogen-bond donors (Lipinski definition) is 0. The van der Waals surface area contributed by atoms with Gasteiger partial charge in [-0.05, 0) is 54.8 Å². The maximum Gasteiger partial charge on any atom is 0.229 e. The molecule has 0 saturated heterocycles. The summed E-state index contributed by atoms with van der Waals surface area (Å²) in [6.45, 7) is 4.61. The first kappa shape index (κ1) is 21.5. The van der Waals surface area contributed by atoms with Crippen LogP contribution >= 0.6 is 23.1 Å². The van der Waals surface area contributed by atoms with E-state index in [0.29, 0.717) is 18.7 Å². The molecule has 6 heteroatoms. The molecule has 3 aromatic carbocycles. The zero-order valence-electron chi connectivity index (χ0n) is 17.5. The smallest absolute Gasteiger partial charge is 0.229 e. The molecule has 0 fully saturated rings. The molecule has 4 rings (SSSR count). The Labute approximate surface area is 189 Å². The van der Waals surface area contributed by atoms with E-state index in [1.807, 2.05) is 37.3 Å². The second-order valence-electron chi connectivity index (χ2n) is 7.39. The molecule has 4 aromatic rings. The number of thioether (sulfide) groups is 1. The van der Waals surface area contributed by atoms with Crippen LogP contribution in [-0.4, -0.2) is 16.6 Å². The third-order valence-electron chi connectivity index (χ3n) is 5.04. The number of hydrogen-bond acceptors (Lipinski definition) is 4. The maximum absolute atomic E-state index is 13.3. The van der Waals surface area contributed by atoms with E-state index in [4.69, 9.17) is 4.98 Å². The molecule has 0 atom stereocenters. The lowest BCUT2D eigenvalue weighted by Crippen LogP contribution is -2.30. The van der Waals surface area contributed by atoms with Gasteiger partial charge in [0.05, 0.1) is 16.8 Å². The second-order valence-corrected chi connectivity index (χ2v) is 9.54. The van der Waals surface area contributed by atoms with Gasteiger partial charge in [0.1, 0.15) is 5.82 Å². The van der Waals surface area contributed by atoms with Gasteiger partial charge in [-0.2, -0.15) is 0 Å². The lowest BCUT2D eigenvalue weighted by Gasteiger charge is -2.20. The van der Waals surface area contributed by atoms with Crippen molar-refractivity contribution in [2.24, 2.45) is 0 Å². The first-order valence-corrected chi connectivity index (χ1v) is 11.9. The van der Waals surface area contributed by atoms with E-state index < -0.39 is 0 Å². The molecule has 1 amide bonds. The Morgan fingerprint density at radius 1 is 1.00 bits per heavy atom. The van der Waals surface area contributed by atoms with E-state index in [2.05, 4.69) is 19.1 Å². The fourth-order valence-electron chi connectivity index (χ4n) is 3.31. The zero-order chi connectivity index (χ0) is 21.8. The molecule has 0 spiro atoms. The van der Waals surface area contributed by atoms with Gasteiger partial charge in [0.25, 0.3) is 0 Å². The van der Waals surface area contributed by atoms with E-state index in [9.17, 15) is 9.18 Å². The molecular weight excluding hydrogens is 427 g/mol. The number of nitrogens with zero attached hydrogens (tertiary/aromatic N) is 2. The molecule has 0 aliphatic rings. The number of aromatic nitrogens is 1. The van der Waals surface area contributed by atoms with Crippen LogP contribution < -0.4 is 4.90 Å². The molecule has 1 aromatic heterocycles. The summed E-state index contributed by atoms with van der Waals surface area (Å²) in [7, 11) is 0. The molecule has 0 bridgehead atoms. The second kappa shape index (κ2) is 9.62. The minimum absolute atomic E-state index is 0.0350. The highest BCUT2D eigenvalue weighted by atomic mass is 32.2. The standard InChI is InChI=1S/C25H23FN2OS2/c1-17-8-9-18(2)24-23(17)27-25(31-24)28(16-19-6-4-3-5-7-19)22(29)14-15-30-21-12-10-20(26)11-13-21/h3-13H,14-16H2,1-2H3. The minimum atomic E-state index is -0.254. The first-order chi connectivity index (χ1) is 15.0. The van der Waals surface area contributed by atoms with E-state index in [1.165, 1.54) is 17.7 Å². The van der Waals surface area contributed by atoms with Gasteiger partial charge in [-0.15, -0.1) is 11.8 Å². The van der Waals surface area contributed by atoms with Gasteiger partial charge in [0.2, 0.25) is 5.91 Å². The summed E-state index contributed by atoms with van der Waals surface area (Å²) in [4.78, 5) is 20.8. The number of carbonyl (C=O) groups excluding carboxylic acids is 1. The predicted octanol–water partition coefficient (Wildman–Crippen LogP) is 6.77. The van der Waals surface area contributed by atoms with E-state index in [-0.39, 0.29) is 11.7 Å². The van der Waals surface area contributed by atoms with Crippen molar-refractivity contribution < 1.29 is 9.18 Å². The van der Waals surface area contributed by atoms with Crippen molar-refractivity contribution in [2.45, 2.75) is 31.7 Å². The molecule has 1 heterocycles. The third kappa shape index (κ3) is 5.14. The molecule has 0 radical (unpaired) electrons. The van der Waals surface area contributed by atoms with Crippen LogP contribution in [0.25, 0.3) is 10.2 Å². The van der Waals surface area contributed by atoms with Gasteiger partial charge in [-0.3, -0.25) is 9.69 Å². The molecule has 0 aliphatic carbocycles.